The first-order chi connectivity index (χ1) is 6.01. The van der Waals surface area contributed by atoms with Crippen LogP contribution in [0.3, 0.4) is 0 Å². The minimum absolute atomic E-state index is 0. The zero-order valence-electron chi connectivity index (χ0n) is 10.4. The summed E-state index contributed by atoms with van der Waals surface area (Å²) in [5, 5.41) is 0. The molecule has 0 aromatic carbocycles. The molecule has 0 saturated heterocycles. The first-order valence-electron chi connectivity index (χ1n) is 6.01. The van der Waals surface area contributed by atoms with Crippen LogP contribution < -0.4 is 6.15 Å². The van der Waals surface area contributed by atoms with Crippen LogP contribution in [0, 0.1) is 28.6 Å². The van der Waals surface area contributed by atoms with Gasteiger partial charge in [-0.3, -0.25) is 0 Å². The van der Waals surface area contributed by atoms with Gasteiger partial charge in [-0.05, 0) is 60.7 Å². The van der Waals surface area contributed by atoms with Crippen LogP contribution in [-0.4, -0.2) is 0 Å². The van der Waals surface area contributed by atoms with E-state index in [4.69, 9.17) is 0 Å². The molecule has 2 atom stereocenters. The van der Waals surface area contributed by atoms with E-state index >= 15 is 0 Å². The molecule has 4 fully saturated rings. The van der Waals surface area contributed by atoms with Crippen molar-refractivity contribution in [3.63, 3.8) is 0 Å². The van der Waals surface area contributed by atoms with Crippen LogP contribution in [0.5, 0.6) is 0 Å². The van der Waals surface area contributed by atoms with Crippen LogP contribution in [0.4, 0.5) is 0 Å². The third-order valence-electron chi connectivity index (χ3n) is 5.96. The van der Waals surface area contributed by atoms with Crippen molar-refractivity contribution >= 4 is 12.4 Å². The Morgan fingerprint density at radius 2 is 1.33 bits per heavy atom. The molecular formula is C13H26ClN. The quantitative estimate of drug-likeness (QED) is 0.657. The highest BCUT2D eigenvalue weighted by Crippen LogP contribution is 2.67. The maximum absolute atomic E-state index is 2.57. The van der Waals surface area contributed by atoms with E-state index in [0.717, 1.165) is 17.8 Å². The van der Waals surface area contributed by atoms with E-state index in [0.29, 0.717) is 10.8 Å². The largest absolute Gasteiger partial charge is 0.344 e. The topological polar surface area (TPSA) is 35.0 Å². The molecular weight excluding hydrogens is 206 g/mol. The van der Waals surface area contributed by atoms with Crippen molar-refractivity contribution in [3.05, 3.63) is 0 Å². The van der Waals surface area contributed by atoms with E-state index in [-0.39, 0.29) is 18.6 Å². The lowest BCUT2D eigenvalue weighted by Crippen LogP contribution is -2.56. The van der Waals surface area contributed by atoms with Gasteiger partial charge in [0.2, 0.25) is 0 Å². The van der Waals surface area contributed by atoms with Crippen LogP contribution in [0.1, 0.15) is 52.9 Å². The summed E-state index contributed by atoms with van der Waals surface area (Å²) < 4.78 is 0. The fourth-order valence-electron chi connectivity index (χ4n) is 4.86. The van der Waals surface area contributed by atoms with Gasteiger partial charge in [-0.15, -0.1) is 12.4 Å². The van der Waals surface area contributed by atoms with Gasteiger partial charge in [-0.1, -0.05) is 20.8 Å². The van der Waals surface area contributed by atoms with E-state index in [2.05, 4.69) is 20.8 Å². The Bertz CT molecular complexity index is 235. The minimum Gasteiger partial charge on any atom is -0.344 e. The van der Waals surface area contributed by atoms with E-state index in [9.17, 15) is 0 Å². The second-order valence-corrected chi connectivity index (χ2v) is 6.83. The molecule has 0 aromatic rings. The molecule has 0 heterocycles. The molecule has 2 heteroatoms. The monoisotopic (exact) mass is 231 g/mol. The molecule has 4 aliphatic carbocycles. The van der Waals surface area contributed by atoms with E-state index < -0.39 is 0 Å². The summed E-state index contributed by atoms with van der Waals surface area (Å²) in [6.07, 6.45) is 7.75. The van der Waals surface area contributed by atoms with Crippen LogP contribution in [0.2, 0.25) is 0 Å². The van der Waals surface area contributed by atoms with Crippen LogP contribution in [0.15, 0.2) is 0 Å². The molecule has 3 N–H and O–H groups in total. The van der Waals surface area contributed by atoms with Gasteiger partial charge in [-0.25, -0.2) is 0 Å². The summed E-state index contributed by atoms with van der Waals surface area (Å²) in [6, 6.07) is 0. The lowest BCUT2D eigenvalue weighted by molar-refractivity contribution is -0.149. The van der Waals surface area contributed by atoms with Gasteiger partial charge < -0.3 is 6.15 Å². The predicted molar refractivity (Wildman–Crippen MR) is 67.7 cm³/mol. The summed E-state index contributed by atoms with van der Waals surface area (Å²) in [4.78, 5) is 0. The van der Waals surface area contributed by atoms with Crippen LogP contribution >= 0.6 is 12.4 Å². The van der Waals surface area contributed by atoms with Crippen LogP contribution in [-0.2, 0) is 0 Å². The maximum Gasteiger partial charge on any atom is -0.0267 e. The van der Waals surface area contributed by atoms with Crippen molar-refractivity contribution in [3.8, 4) is 0 Å². The second-order valence-electron chi connectivity index (χ2n) is 6.83. The van der Waals surface area contributed by atoms with Crippen molar-refractivity contribution < 1.29 is 0 Å². The molecule has 0 aliphatic heterocycles. The molecule has 0 amide bonds. The Morgan fingerprint density at radius 3 is 1.73 bits per heavy atom. The molecule has 1 nitrogen and oxygen atoms in total. The molecule has 0 aromatic heterocycles. The Kier molecular flexibility index (Phi) is 3.22. The molecule has 2 unspecified atom stereocenters. The fourth-order valence-corrected chi connectivity index (χ4v) is 4.86. The third-order valence-corrected chi connectivity index (χ3v) is 5.96. The number of halogens is 1. The molecule has 4 rings (SSSR count). The SMILES string of the molecule is CC12CC3CC(CC(C3)C1(C)C)C2.Cl.N. The Balaban J connectivity index is 0.000000562. The number of hydrogen-bond acceptors (Lipinski definition) is 1. The summed E-state index contributed by atoms with van der Waals surface area (Å²) in [7, 11) is 0. The highest BCUT2D eigenvalue weighted by atomic mass is 35.5. The Morgan fingerprint density at radius 1 is 0.867 bits per heavy atom. The van der Waals surface area contributed by atoms with Gasteiger partial charge in [-0.2, -0.15) is 0 Å². The Labute approximate surface area is 100 Å². The van der Waals surface area contributed by atoms with E-state index in [1.807, 2.05) is 0 Å². The smallest absolute Gasteiger partial charge is 0.0267 e. The molecule has 4 saturated carbocycles. The predicted octanol–water partition coefficient (Wildman–Crippen LogP) is 4.44. The van der Waals surface area contributed by atoms with Crippen LogP contribution in [0.25, 0.3) is 0 Å². The molecule has 0 radical (unpaired) electrons. The zero-order valence-corrected chi connectivity index (χ0v) is 11.2. The lowest BCUT2D eigenvalue weighted by Gasteiger charge is -2.65. The standard InChI is InChI=1S/C13H22.ClH.H3N/c1-12(2)11-5-9-4-10(6-11)8-13(12,3)7-9;;/h9-11H,4-8H2,1-3H3;1H;1H3. The van der Waals surface area contributed by atoms with E-state index in [1.165, 1.54) is 12.8 Å². The second kappa shape index (κ2) is 3.63. The molecule has 4 bridgehead atoms. The molecule has 4 aliphatic rings. The van der Waals surface area contributed by atoms with Crippen molar-refractivity contribution in [2.45, 2.75) is 52.9 Å². The van der Waals surface area contributed by atoms with Gasteiger partial charge in [0.05, 0.1) is 0 Å². The van der Waals surface area contributed by atoms with Crippen molar-refractivity contribution in [1.82, 2.24) is 6.15 Å². The van der Waals surface area contributed by atoms with Gasteiger partial charge in [0.15, 0.2) is 0 Å². The summed E-state index contributed by atoms with van der Waals surface area (Å²) >= 11 is 0. The zero-order chi connectivity index (χ0) is 9.27. The first kappa shape index (κ1) is 13.3. The summed E-state index contributed by atoms with van der Waals surface area (Å²) in [5.74, 6) is 3.27. The van der Waals surface area contributed by atoms with Crippen molar-refractivity contribution in [2.75, 3.05) is 0 Å². The molecule has 15 heavy (non-hydrogen) atoms. The minimum atomic E-state index is 0. The average molecular weight is 232 g/mol. The maximum atomic E-state index is 2.57. The number of hydrogen-bond donors (Lipinski definition) is 1. The number of rotatable bonds is 0. The van der Waals surface area contributed by atoms with Crippen molar-refractivity contribution in [1.29, 1.82) is 0 Å². The Hall–Kier alpha value is 0.250. The lowest BCUT2D eigenvalue weighted by atomic mass is 9.40. The summed E-state index contributed by atoms with van der Waals surface area (Å²) in [5.41, 5.74) is 1.34. The fraction of sp³-hybridized carbons (Fsp3) is 1.00. The molecule has 90 valence electrons. The molecule has 0 spiro atoms. The highest BCUT2D eigenvalue weighted by Gasteiger charge is 2.58. The average Bonchev–Trinajstić information content (AvgIpc) is 1.99. The van der Waals surface area contributed by atoms with E-state index in [1.54, 1.807) is 19.3 Å². The normalized spacial score (nSPS) is 49.4. The highest BCUT2D eigenvalue weighted by molar-refractivity contribution is 5.85. The third kappa shape index (κ3) is 1.54. The van der Waals surface area contributed by atoms with Gasteiger partial charge in [0, 0.05) is 0 Å². The van der Waals surface area contributed by atoms with Gasteiger partial charge >= 0.3 is 0 Å². The van der Waals surface area contributed by atoms with Crippen molar-refractivity contribution in [2.24, 2.45) is 28.6 Å². The first-order valence-corrected chi connectivity index (χ1v) is 6.01. The van der Waals surface area contributed by atoms with Gasteiger partial charge in [0.1, 0.15) is 0 Å². The summed E-state index contributed by atoms with van der Waals surface area (Å²) in [6.45, 7) is 7.64. The van der Waals surface area contributed by atoms with Gasteiger partial charge in [0.25, 0.3) is 0 Å².